The second-order valence-corrected chi connectivity index (χ2v) is 4.26. The monoisotopic (exact) mass is 271 g/mol. The molecule has 2 rings (SSSR count). The Balaban J connectivity index is 2.13. The first-order valence-corrected chi connectivity index (χ1v) is 6.00. The summed E-state index contributed by atoms with van der Waals surface area (Å²) in [6, 6.07) is 2.94. The number of ether oxygens (including phenoxy) is 3. The summed E-state index contributed by atoms with van der Waals surface area (Å²) >= 11 is 6.04. The highest BCUT2D eigenvalue weighted by atomic mass is 35.5. The largest absolute Gasteiger partial charge is 0.466 e. The molecule has 0 saturated heterocycles. The van der Waals surface area contributed by atoms with Crippen LogP contribution in [0.1, 0.15) is 24.9 Å². The van der Waals surface area contributed by atoms with E-state index in [2.05, 4.69) is 0 Å². The van der Waals surface area contributed by atoms with E-state index >= 15 is 0 Å². The summed E-state index contributed by atoms with van der Waals surface area (Å²) < 4.78 is 15.3. The summed E-state index contributed by atoms with van der Waals surface area (Å²) in [5.41, 5.74) is 6.65. The Hall–Kier alpha value is -1.46. The minimum absolute atomic E-state index is 0.101. The predicted molar refractivity (Wildman–Crippen MR) is 65.8 cm³/mol. The molecule has 0 saturated carbocycles. The van der Waals surface area contributed by atoms with Crippen LogP contribution < -0.4 is 15.2 Å². The SMILES string of the molecule is CCOC(=O)CC(N)c1cc(Cl)c2c(c1)OCO2. The molecule has 18 heavy (non-hydrogen) atoms. The van der Waals surface area contributed by atoms with E-state index in [9.17, 15) is 4.79 Å². The lowest BCUT2D eigenvalue weighted by atomic mass is 10.0. The van der Waals surface area contributed by atoms with Gasteiger partial charge in [-0.2, -0.15) is 0 Å². The zero-order valence-electron chi connectivity index (χ0n) is 9.94. The van der Waals surface area contributed by atoms with Crippen molar-refractivity contribution in [1.82, 2.24) is 0 Å². The van der Waals surface area contributed by atoms with Crippen molar-refractivity contribution in [2.75, 3.05) is 13.4 Å². The number of fused-ring (bicyclic) bond motifs is 1. The van der Waals surface area contributed by atoms with E-state index in [0.29, 0.717) is 23.1 Å². The number of rotatable bonds is 4. The molecule has 1 unspecified atom stereocenters. The number of hydrogen-bond donors (Lipinski definition) is 1. The highest BCUT2D eigenvalue weighted by Gasteiger charge is 2.21. The number of nitrogens with two attached hydrogens (primary N) is 1. The molecular formula is C12H14ClNO4. The van der Waals surface area contributed by atoms with Crippen molar-refractivity contribution in [3.05, 3.63) is 22.7 Å². The van der Waals surface area contributed by atoms with E-state index in [1.54, 1.807) is 19.1 Å². The molecule has 0 spiro atoms. The van der Waals surface area contributed by atoms with Crippen molar-refractivity contribution >= 4 is 17.6 Å². The third-order valence-electron chi connectivity index (χ3n) is 2.57. The number of carbonyl (C=O) groups is 1. The highest BCUT2D eigenvalue weighted by Crippen LogP contribution is 2.41. The van der Waals surface area contributed by atoms with Gasteiger partial charge in [-0.25, -0.2) is 0 Å². The third kappa shape index (κ3) is 2.68. The van der Waals surface area contributed by atoms with Gasteiger partial charge in [-0.15, -0.1) is 0 Å². The molecule has 0 aliphatic carbocycles. The molecule has 0 aromatic heterocycles. The Morgan fingerprint density at radius 1 is 1.56 bits per heavy atom. The van der Waals surface area contributed by atoms with E-state index in [1.165, 1.54) is 0 Å². The molecular weight excluding hydrogens is 258 g/mol. The van der Waals surface area contributed by atoms with Crippen molar-refractivity contribution in [2.45, 2.75) is 19.4 Å². The van der Waals surface area contributed by atoms with Gasteiger partial charge in [-0.3, -0.25) is 4.79 Å². The molecule has 5 nitrogen and oxygen atoms in total. The first kappa shape index (κ1) is 13.0. The highest BCUT2D eigenvalue weighted by molar-refractivity contribution is 6.32. The molecule has 2 N–H and O–H groups in total. The van der Waals surface area contributed by atoms with Crippen LogP contribution in [0.3, 0.4) is 0 Å². The van der Waals surface area contributed by atoms with Crippen LogP contribution in [0.4, 0.5) is 0 Å². The molecule has 1 atom stereocenters. The molecule has 0 bridgehead atoms. The van der Waals surface area contributed by atoms with E-state index in [-0.39, 0.29) is 19.2 Å². The van der Waals surface area contributed by atoms with Gasteiger partial charge in [0.25, 0.3) is 0 Å². The van der Waals surface area contributed by atoms with Crippen LogP contribution in [0.15, 0.2) is 12.1 Å². The van der Waals surface area contributed by atoms with Gasteiger partial charge in [-0.1, -0.05) is 11.6 Å². The van der Waals surface area contributed by atoms with Gasteiger partial charge in [0.1, 0.15) is 0 Å². The quantitative estimate of drug-likeness (QED) is 0.849. The average molecular weight is 272 g/mol. The molecule has 6 heteroatoms. The molecule has 0 amide bonds. The van der Waals surface area contributed by atoms with Gasteiger partial charge in [0.05, 0.1) is 18.1 Å². The maximum absolute atomic E-state index is 11.4. The minimum Gasteiger partial charge on any atom is -0.466 e. The first-order chi connectivity index (χ1) is 8.61. The summed E-state index contributed by atoms with van der Waals surface area (Å²) in [6.45, 7) is 2.24. The number of benzene rings is 1. The van der Waals surface area contributed by atoms with Crippen LogP contribution in [0, 0.1) is 0 Å². The lowest BCUT2D eigenvalue weighted by Crippen LogP contribution is -2.17. The summed E-state index contributed by atoms with van der Waals surface area (Å²) in [7, 11) is 0. The van der Waals surface area contributed by atoms with Gasteiger partial charge in [0.2, 0.25) is 6.79 Å². The van der Waals surface area contributed by atoms with Crippen LogP contribution in [-0.4, -0.2) is 19.4 Å². The van der Waals surface area contributed by atoms with E-state index in [1.807, 2.05) is 0 Å². The summed E-state index contributed by atoms with van der Waals surface area (Å²) in [6.07, 6.45) is 0.101. The average Bonchev–Trinajstić information content (AvgIpc) is 2.77. The van der Waals surface area contributed by atoms with Crippen LogP contribution >= 0.6 is 11.6 Å². The van der Waals surface area contributed by atoms with Crippen LogP contribution in [-0.2, 0) is 9.53 Å². The Morgan fingerprint density at radius 2 is 2.33 bits per heavy atom. The molecule has 1 aliphatic rings. The van der Waals surface area contributed by atoms with Gasteiger partial charge in [-0.05, 0) is 24.6 Å². The van der Waals surface area contributed by atoms with E-state index < -0.39 is 6.04 Å². The van der Waals surface area contributed by atoms with Gasteiger partial charge in [0.15, 0.2) is 11.5 Å². The number of carbonyl (C=O) groups excluding carboxylic acids is 1. The van der Waals surface area contributed by atoms with Gasteiger partial charge < -0.3 is 19.9 Å². The van der Waals surface area contributed by atoms with Crippen LogP contribution in [0.2, 0.25) is 5.02 Å². The van der Waals surface area contributed by atoms with E-state index in [4.69, 9.17) is 31.5 Å². The van der Waals surface area contributed by atoms with Gasteiger partial charge in [0, 0.05) is 6.04 Å². The minimum atomic E-state index is -0.476. The fourth-order valence-corrected chi connectivity index (χ4v) is 1.99. The van der Waals surface area contributed by atoms with Crippen molar-refractivity contribution in [1.29, 1.82) is 0 Å². The Morgan fingerprint density at radius 3 is 3.06 bits per heavy atom. The maximum Gasteiger partial charge on any atom is 0.307 e. The number of halogens is 1. The second-order valence-electron chi connectivity index (χ2n) is 3.85. The molecule has 1 aliphatic heterocycles. The third-order valence-corrected chi connectivity index (χ3v) is 2.85. The fourth-order valence-electron chi connectivity index (χ4n) is 1.72. The van der Waals surface area contributed by atoms with E-state index in [0.717, 1.165) is 5.56 Å². The summed E-state index contributed by atoms with van der Waals surface area (Å²) in [5, 5.41) is 0.430. The second kappa shape index (κ2) is 5.46. The summed E-state index contributed by atoms with van der Waals surface area (Å²) in [4.78, 5) is 11.4. The Bertz CT molecular complexity index is 464. The zero-order chi connectivity index (χ0) is 13.1. The first-order valence-electron chi connectivity index (χ1n) is 5.62. The summed E-state index contributed by atoms with van der Waals surface area (Å²) in [5.74, 6) is 0.736. The lowest BCUT2D eigenvalue weighted by Gasteiger charge is -2.12. The number of esters is 1. The smallest absolute Gasteiger partial charge is 0.307 e. The fraction of sp³-hybridized carbons (Fsp3) is 0.417. The Labute approximate surface area is 110 Å². The van der Waals surface area contributed by atoms with Crippen LogP contribution in [0.25, 0.3) is 0 Å². The van der Waals surface area contributed by atoms with Crippen molar-refractivity contribution in [3.63, 3.8) is 0 Å². The van der Waals surface area contributed by atoms with Crippen molar-refractivity contribution < 1.29 is 19.0 Å². The molecule has 1 heterocycles. The molecule has 1 aromatic rings. The predicted octanol–water partition coefficient (Wildman–Crippen LogP) is 2.02. The molecule has 0 radical (unpaired) electrons. The number of hydrogen-bond acceptors (Lipinski definition) is 5. The van der Waals surface area contributed by atoms with Crippen molar-refractivity contribution in [3.8, 4) is 11.5 Å². The molecule has 98 valence electrons. The topological polar surface area (TPSA) is 70.8 Å². The lowest BCUT2D eigenvalue weighted by molar-refractivity contribution is -0.143. The normalized spacial score (nSPS) is 14.4. The van der Waals surface area contributed by atoms with Crippen molar-refractivity contribution in [2.24, 2.45) is 5.73 Å². The molecule has 1 aromatic carbocycles. The van der Waals surface area contributed by atoms with Crippen LogP contribution in [0.5, 0.6) is 11.5 Å². The van der Waals surface area contributed by atoms with Gasteiger partial charge >= 0.3 is 5.97 Å². The Kier molecular flexibility index (Phi) is 3.93. The zero-order valence-corrected chi connectivity index (χ0v) is 10.7. The standard InChI is InChI=1S/C12H14ClNO4/c1-2-16-11(15)5-9(14)7-3-8(13)12-10(4-7)17-6-18-12/h3-4,9H,2,5-6,14H2,1H3. The maximum atomic E-state index is 11.4. The molecule has 0 fully saturated rings.